The maximum atomic E-state index is 14.1. The monoisotopic (exact) mass is 437 g/mol. The van der Waals surface area contributed by atoms with Gasteiger partial charge in [0, 0.05) is 46.5 Å². The SMILES string of the molecule is CC.N#Cc1ccc(-c2cc(N)nn2-c2ccc(N3CC4CC3CS4=O)cc2)cc1F. The maximum absolute atomic E-state index is 14.1. The molecule has 1 aromatic heterocycles. The fourth-order valence-electron chi connectivity index (χ4n) is 4.22. The predicted octanol–water partition coefficient (Wildman–Crippen LogP) is 3.87. The lowest BCUT2D eigenvalue weighted by Gasteiger charge is -2.28. The molecule has 2 bridgehead atoms. The molecule has 0 amide bonds. The Balaban J connectivity index is 0.00000112. The van der Waals surface area contributed by atoms with Crippen molar-refractivity contribution in [3.8, 4) is 23.0 Å². The zero-order valence-corrected chi connectivity index (χ0v) is 18.3. The van der Waals surface area contributed by atoms with Crippen LogP contribution in [0.15, 0.2) is 48.5 Å². The minimum absolute atomic E-state index is 0.00187. The van der Waals surface area contributed by atoms with Crippen molar-refractivity contribution in [2.45, 2.75) is 31.6 Å². The first-order chi connectivity index (χ1) is 15.0. The van der Waals surface area contributed by atoms with E-state index in [0.29, 0.717) is 23.1 Å². The zero-order valence-electron chi connectivity index (χ0n) is 17.5. The number of rotatable bonds is 3. The highest BCUT2D eigenvalue weighted by Crippen LogP contribution is 2.35. The molecule has 0 spiro atoms. The van der Waals surface area contributed by atoms with Crippen LogP contribution in [0.5, 0.6) is 0 Å². The second-order valence-corrected chi connectivity index (χ2v) is 9.16. The summed E-state index contributed by atoms with van der Waals surface area (Å²) in [6.07, 6.45) is 0.998. The molecular formula is C23H24FN5OS. The second kappa shape index (κ2) is 8.52. The Hall–Kier alpha value is -3.18. The summed E-state index contributed by atoms with van der Waals surface area (Å²) in [6, 6.07) is 16.3. The number of nitrogens with two attached hydrogens (primary N) is 1. The summed E-state index contributed by atoms with van der Waals surface area (Å²) in [5, 5.41) is 13.6. The number of aromatic nitrogens is 2. The molecule has 2 aliphatic rings. The van der Waals surface area contributed by atoms with Gasteiger partial charge in [0.15, 0.2) is 0 Å². The van der Waals surface area contributed by atoms with Gasteiger partial charge in [-0.25, -0.2) is 9.07 Å². The molecule has 2 aromatic carbocycles. The van der Waals surface area contributed by atoms with Crippen molar-refractivity contribution in [1.82, 2.24) is 9.78 Å². The summed E-state index contributed by atoms with van der Waals surface area (Å²) in [5.41, 5.74) is 9.06. The molecular weight excluding hydrogens is 413 g/mol. The number of halogens is 1. The zero-order chi connectivity index (χ0) is 22.1. The smallest absolute Gasteiger partial charge is 0.146 e. The Labute approximate surface area is 183 Å². The fraction of sp³-hybridized carbons (Fsp3) is 0.304. The molecule has 5 rings (SSSR count). The normalized spacial score (nSPS) is 21.5. The summed E-state index contributed by atoms with van der Waals surface area (Å²) < 4.78 is 27.7. The average molecular weight is 438 g/mol. The summed E-state index contributed by atoms with van der Waals surface area (Å²) in [4.78, 5) is 2.32. The van der Waals surface area contributed by atoms with Crippen molar-refractivity contribution in [2.24, 2.45) is 0 Å². The van der Waals surface area contributed by atoms with Gasteiger partial charge in [0.1, 0.15) is 17.7 Å². The van der Waals surface area contributed by atoms with Gasteiger partial charge in [-0.05, 0) is 42.8 Å². The van der Waals surface area contributed by atoms with E-state index < -0.39 is 16.6 Å². The van der Waals surface area contributed by atoms with E-state index in [4.69, 9.17) is 11.0 Å². The van der Waals surface area contributed by atoms with Crippen LogP contribution in [0, 0.1) is 17.1 Å². The molecule has 3 heterocycles. The van der Waals surface area contributed by atoms with Crippen LogP contribution >= 0.6 is 0 Å². The lowest BCUT2D eigenvalue weighted by Crippen LogP contribution is -2.38. The van der Waals surface area contributed by atoms with Crippen LogP contribution in [0.2, 0.25) is 0 Å². The van der Waals surface area contributed by atoms with Gasteiger partial charge in [-0.15, -0.1) is 0 Å². The van der Waals surface area contributed by atoms with E-state index >= 15 is 0 Å². The van der Waals surface area contributed by atoms with Crippen LogP contribution in [-0.2, 0) is 10.8 Å². The Bertz CT molecular complexity index is 1170. The molecule has 0 saturated carbocycles. The van der Waals surface area contributed by atoms with Gasteiger partial charge < -0.3 is 10.6 Å². The first kappa shape index (κ1) is 21.1. The number of fused-ring (bicyclic) bond motifs is 2. The summed E-state index contributed by atoms with van der Waals surface area (Å²) in [6.45, 7) is 4.83. The fourth-order valence-corrected chi connectivity index (χ4v) is 5.95. The van der Waals surface area contributed by atoms with Gasteiger partial charge in [-0.1, -0.05) is 19.9 Å². The molecule has 3 atom stereocenters. The standard InChI is InChI=1S/C21H18FN5OS.C2H6/c22-19-7-13(1-2-14(19)10-23)20-9-21(24)25-27(20)16-5-3-15(4-6-16)26-11-18-8-17(26)12-29(18)28;1-2/h1-7,9,17-18H,8,11-12H2,(H2,24,25);1-2H3. The highest BCUT2D eigenvalue weighted by Gasteiger charge is 2.43. The Morgan fingerprint density at radius 2 is 1.87 bits per heavy atom. The van der Waals surface area contributed by atoms with E-state index in [1.54, 1.807) is 16.8 Å². The van der Waals surface area contributed by atoms with Crippen molar-refractivity contribution < 1.29 is 8.60 Å². The van der Waals surface area contributed by atoms with Crippen molar-refractivity contribution in [2.75, 3.05) is 22.9 Å². The lowest BCUT2D eigenvalue weighted by molar-refractivity contribution is 0.624. The molecule has 8 heteroatoms. The molecule has 0 aliphatic carbocycles. The third-order valence-electron chi connectivity index (χ3n) is 5.64. The first-order valence-electron chi connectivity index (χ1n) is 10.3. The van der Waals surface area contributed by atoms with Crippen molar-refractivity contribution in [3.63, 3.8) is 0 Å². The first-order valence-corrected chi connectivity index (χ1v) is 11.7. The number of anilines is 2. The second-order valence-electron chi connectivity index (χ2n) is 7.40. The Kier molecular flexibility index (Phi) is 5.79. The molecule has 160 valence electrons. The van der Waals surface area contributed by atoms with Gasteiger partial charge >= 0.3 is 0 Å². The third kappa shape index (κ3) is 3.81. The van der Waals surface area contributed by atoms with Crippen LogP contribution < -0.4 is 10.6 Å². The number of nitrogens with zero attached hydrogens (tertiary/aromatic N) is 4. The summed E-state index contributed by atoms with van der Waals surface area (Å²) >= 11 is 0. The van der Waals surface area contributed by atoms with Crippen LogP contribution in [-0.4, -0.2) is 37.6 Å². The minimum atomic E-state index is -0.686. The highest BCUT2D eigenvalue weighted by molar-refractivity contribution is 7.86. The van der Waals surface area contributed by atoms with Crippen LogP contribution in [0.25, 0.3) is 16.9 Å². The maximum Gasteiger partial charge on any atom is 0.146 e. The van der Waals surface area contributed by atoms with Gasteiger partial charge in [0.25, 0.3) is 0 Å². The molecule has 3 aromatic rings. The summed E-state index contributed by atoms with van der Waals surface area (Å²) in [5.74, 6) is 0.498. The van der Waals surface area contributed by atoms with E-state index in [-0.39, 0.29) is 10.8 Å². The summed E-state index contributed by atoms with van der Waals surface area (Å²) in [7, 11) is -0.686. The molecule has 2 aliphatic heterocycles. The van der Waals surface area contributed by atoms with Gasteiger partial charge in [0.05, 0.1) is 22.2 Å². The molecule has 2 N–H and O–H groups in total. The third-order valence-corrected chi connectivity index (χ3v) is 7.44. The molecule has 6 nitrogen and oxygen atoms in total. The number of benzene rings is 2. The number of hydrogen-bond acceptors (Lipinski definition) is 5. The van der Waals surface area contributed by atoms with Crippen LogP contribution in [0.4, 0.5) is 15.9 Å². The number of nitriles is 1. The van der Waals surface area contributed by atoms with Crippen LogP contribution in [0.3, 0.4) is 0 Å². The number of hydrogen-bond donors (Lipinski definition) is 1. The van der Waals surface area contributed by atoms with Gasteiger partial charge in [-0.3, -0.25) is 4.21 Å². The molecule has 0 radical (unpaired) electrons. The van der Waals surface area contributed by atoms with Crippen molar-refractivity contribution >= 4 is 22.3 Å². The number of nitrogen functional groups attached to an aromatic ring is 1. The lowest BCUT2D eigenvalue weighted by atomic mass is 10.1. The van der Waals surface area contributed by atoms with Crippen molar-refractivity contribution in [1.29, 1.82) is 5.26 Å². The highest BCUT2D eigenvalue weighted by atomic mass is 32.2. The van der Waals surface area contributed by atoms with Crippen molar-refractivity contribution in [3.05, 3.63) is 59.9 Å². The molecule has 31 heavy (non-hydrogen) atoms. The molecule has 3 unspecified atom stereocenters. The molecule has 2 saturated heterocycles. The minimum Gasteiger partial charge on any atom is -0.382 e. The van der Waals surface area contributed by atoms with E-state index in [0.717, 1.165) is 30.1 Å². The Morgan fingerprint density at radius 1 is 1.16 bits per heavy atom. The van der Waals surface area contributed by atoms with Gasteiger partial charge in [-0.2, -0.15) is 10.4 Å². The van der Waals surface area contributed by atoms with E-state index in [9.17, 15) is 8.60 Å². The quantitative estimate of drug-likeness (QED) is 0.672. The van der Waals surface area contributed by atoms with E-state index in [2.05, 4.69) is 10.00 Å². The largest absolute Gasteiger partial charge is 0.382 e. The van der Waals surface area contributed by atoms with Crippen LogP contribution in [0.1, 0.15) is 25.8 Å². The van der Waals surface area contributed by atoms with E-state index in [1.807, 2.05) is 44.2 Å². The Morgan fingerprint density at radius 3 is 2.45 bits per heavy atom. The van der Waals surface area contributed by atoms with E-state index in [1.165, 1.54) is 12.1 Å². The van der Waals surface area contributed by atoms with Gasteiger partial charge in [0.2, 0.25) is 0 Å². The average Bonchev–Trinajstić information content (AvgIpc) is 3.49. The topological polar surface area (TPSA) is 87.9 Å². The predicted molar refractivity (Wildman–Crippen MR) is 122 cm³/mol. The molecule has 2 fully saturated rings.